The van der Waals surface area contributed by atoms with Crippen LogP contribution in [-0.2, 0) is 0 Å². The van der Waals surface area contributed by atoms with E-state index >= 15 is 0 Å². The van der Waals surface area contributed by atoms with Gasteiger partial charge in [-0.05, 0) is 74.5 Å². The number of phenols is 1. The maximum Gasteiger partial charge on any atom is 0.127 e. The van der Waals surface area contributed by atoms with Crippen molar-refractivity contribution in [3.8, 4) is 5.75 Å². The SMILES string of the molecule is Cc1cc(C=NC2CCC(C)CC2)c(O)c(C2CCCCCCCCCCC2)c1. The molecule has 2 saturated carbocycles. The third-order valence-corrected chi connectivity index (χ3v) is 7.27. The number of hydrogen-bond donors (Lipinski definition) is 1. The van der Waals surface area contributed by atoms with Gasteiger partial charge in [0.05, 0.1) is 0 Å². The zero-order chi connectivity index (χ0) is 20.5. The van der Waals surface area contributed by atoms with Gasteiger partial charge in [0.2, 0.25) is 0 Å². The Kier molecular flexibility index (Phi) is 9.08. The van der Waals surface area contributed by atoms with Gasteiger partial charge in [-0.2, -0.15) is 0 Å². The minimum absolute atomic E-state index is 0.441. The maximum absolute atomic E-state index is 11.1. The summed E-state index contributed by atoms with van der Waals surface area (Å²) in [7, 11) is 0. The Bertz CT molecular complexity index is 630. The smallest absolute Gasteiger partial charge is 0.127 e. The summed E-state index contributed by atoms with van der Waals surface area (Å²) in [5.41, 5.74) is 3.37. The lowest BCUT2D eigenvalue weighted by atomic mass is 9.85. The molecule has 1 aromatic rings. The molecule has 0 aliphatic heterocycles. The van der Waals surface area contributed by atoms with Crippen molar-refractivity contribution in [1.29, 1.82) is 0 Å². The maximum atomic E-state index is 11.1. The fourth-order valence-corrected chi connectivity index (χ4v) is 5.30. The summed E-state index contributed by atoms with van der Waals surface area (Å²) in [6.45, 7) is 4.51. The highest BCUT2D eigenvalue weighted by atomic mass is 16.3. The van der Waals surface area contributed by atoms with Gasteiger partial charge in [-0.1, -0.05) is 70.8 Å². The van der Waals surface area contributed by atoms with Gasteiger partial charge < -0.3 is 5.11 Å². The first-order valence-electron chi connectivity index (χ1n) is 12.5. The summed E-state index contributed by atoms with van der Waals surface area (Å²) < 4.78 is 0. The van der Waals surface area contributed by atoms with Crippen molar-refractivity contribution in [3.63, 3.8) is 0 Å². The second-order valence-corrected chi connectivity index (χ2v) is 9.94. The molecule has 2 aliphatic carbocycles. The van der Waals surface area contributed by atoms with E-state index in [0.29, 0.717) is 17.7 Å². The Morgan fingerprint density at radius 3 is 1.93 bits per heavy atom. The van der Waals surface area contributed by atoms with Crippen LogP contribution < -0.4 is 0 Å². The van der Waals surface area contributed by atoms with Crippen LogP contribution >= 0.6 is 0 Å². The Labute approximate surface area is 179 Å². The van der Waals surface area contributed by atoms with Crippen LogP contribution in [0.1, 0.15) is 126 Å². The lowest BCUT2D eigenvalue weighted by Gasteiger charge is -2.23. The molecule has 1 N–H and O–H groups in total. The molecule has 0 spiro atoms. The van der Waals surface area contributed by atoms with E-state index in [1.807, 2.05) is 6.21 Å². The van der Waals surface area contributed by atoms with Gasteiger partial charge in [-0.3, -0.25) is 4.99 Å². The normalized spacial score (nSPS) is 26.1. The molecule has 0 unspecified atom stereocenters. The van der Waals surface area contributed by atoms with E-state index in [2.05, 4.69) is 26.0 Å². The molecule has 0 heterocycles. The van der Waals surface area contributed by atoms with Crippen molar-refractivity contribution in [2.75, 3.05) is 0 Å². The molecule has 0 aromatic heterocycles. The highest BCUT2D eigenvalue weighted by Crippen LogP contribution is 2.37. The highest BCUT2D eigenvalue weighted by Gasteiger charge is 2.20. The fourth-order valence-electron chi connectivity index (χ4n) is 5.30. The van der Waals surface area contributed by atoms with Gasteiger partial charge >= 0.3 is 0 Å². The van der Waals surface area contributed by atoms with Crippen molar-refractivity contribution >= 4 is 6.21 Å². The zero-order valence-corrected chi connectivity index (χ0v) is 19.0. The first kappa shape index (κ1) is 22.4. The van der Waals surface area contributed by atoms with Crippen molar-refractivity contribution in [2.24, 2.45) is 10.9 Å². The molecule has 0 bridgehead atoms. The Morgan fingerprint density at radius 1 is 0.793 bits per heavy atom. The summed E-state index contributed by atoms with van der Waals surface area (Å²) in [6.07, 6.45) is 21.6. The minimum atomic E-state index is 0.441. The minimum Gasteiger partial charge on any atom is -0.507 e. The molecule has 2 nitrogen and oxygen atoms in total. The highest BCUT2D eigenvalue weighted by molar-refractivity contribution is 5.84. The average molecular weight is 398 g/mol. The number of benzene rings is 1. The van der Waals surface area contributed by atoms with Crippen LogP contribution in [0.2, 0.25) is 0 Å². The van der Waals surface area contributed by atoms with E-state index in [1.54, 1.807) is 0 Å². The molecule has 3 rings (SSSR count). The van der Waals surface area contributed by atoms with Gasteiger partial charge in [0.15, 0.2) is 0 Å². The number of phenolic OH excluding ortho intramolecular Hbond substituents is 1. The predicted octanol–water partition coefficient (Wildman–Crippen LogP) is 8.09. The zero-order valence-electron chi connectivity index (χ0n) is 19.0. The molecule has 1 aromatic carbocycles. The quantitative estimate of drug-likeness (QED) is 0.514. The average Bonchev–Trinajstić information content (AvgIpc) is 2.70. The number of nitrogens with zero attached hydrogens (tertiary/aromatic N) is 1. The molecule has 0 atom stereocenters. The van der Waals surface area contributed by atoms with Crippen molar-refractivity contribution in [2.45, 2.75) is 122 Å². The number of aryl methyl sites for hydroxylation is 1. The largest absolute Gasteiger partial charge is 0.507 e. The lowest BCUT2D eigenvalue weighted by Crippen LogP contribution is -2.15. The number of aliphatic imine (C=N–C) groups is 1. The number of aromatic hydroxyl groups is 1. The molecule has 2 aliphatic rings. The first-order valence-corrected chi connectivity index (χ1v) is 12.5. The molecule has 0 radical (unpaired) electrons. The van der Waals surface area contributed by atoms with Gasteiger partial charge in [-0.25, -0.2) is 0 Å². The predicted molar refractivity (Wildman–Crippen MR) is 125 cm³/mol. The number of rotatable bonds is 3. The topological polar surface area (TPSA) is 32.6 Å². The van der Waals surface area contributed by atoms with Gasteiger partial charge in [0.25, 0.3) is 0 Å². The Balaban J connectivity index is 1.72. The van der Waals surface area contributed by atoms with Crippen LogP contribution in [0, 0.1) is 12.8 Å². The summed E-state index contributed by atoms with van der Waals surface area (Å²) in [4.78, 5) is 4.87. The second-order valence-electron chi connectivity index (χ2n) is 9.94. The monoisotopic (exact) mass is 397 g/mol. The second kappa shape index (κ2) is 11.8. The Morgan fingerprint density at radius 2 is 1.34 bits per heavy atom. The fraction of sp³-hybridized carbons (Fsp3) is 0.741. The third kappa shape index (κ3) is 7.15. The van der Waals surface area contributed by atoms with Crippen LogP contribution in [0.5, 0.6) is 5.75 Å². The van der Waals surface area contributed by atoms with Crippen LogP contribution in [0.25, 0.3) is 0 Å². The summed E-state index contributed by atoms with van der Waals surface area (Å²) in [5, 5.41) is 11.1. The van der Waals surface area contributed by atoms with Crippen LogP contribution in [0.3, 0.4) is 0 Å². The van der Waals surface area contributed by atoms with Crippen molar-refractivity contribution < 1.29 is 5.11 Å². The van der Waals surface area contributed by atoms with Gasteiger partial charge in [-0.15, -0.1) is 0 Å². The molecule has 162 valence electrons. The molecule has 29 heavy (non-hydrogen) atoms. The van der Waals surface area contributed by atoms with E-state index < -0.39 is 0 Å². The van der Waals surface area contributed by atoms with Gasteiger partial charge in [0, 0.05) is 17.8 Å². The van der Waals surface area contributed by atoms with E-state index in [-0.39, 0.29) is 0 Å². The molecule has 0 amide bonds. The van der Waals surface area contributed by atoms with E-state index in [1.165, 1.54) is 107 Å². The van der Waals surface area contributed by atoms with Gasteiger partial charge in [0.1, 0.15) is 5.75 Å². The third-order valence-electron chi connectivity index (χ3n) is 7.27. The molecular weight excluding hydrogens is 354 g/mol. The molecule has 0 saturated heterocycles. The van der Waals surface area contributed by atoms with Crippen LogP contribution in [0.4, 0.5) is 0 Å². The molecule has 2 fully saturated rings. The lowest BCUT2D eigenvalue weighted by molar-refractivity contribution is 0.350. The van der Waals surface area contributed by atoms with E-state index in [4.69, 9.17) is 4.99 Å². The molecule has 2 heteroatoms. The first-order chi connectivity index (χ1) is 14.1. The van der Waals surface area contributed by atoms with Crippen molar-refractivity contribution in [1.82, 2.24) is 0 Å². The van der Waals surface area contributed by atoms with E-state index in [0.717, 1.165) is 11.5 Å². The summed E-state index contributed by atoms with van der Waals surface area (Å²) in [6, 6.07) is 4.80. The molecular formula is C27H43NO. The van der Waals surface area contributed by atoms with E-state index in [9.17, 15) is 5.11 Å². The van der Waals surface area contributed by atoms with Crippen LogP contribution in [0.15, 0.2) is 17.1 Å². The van der Waals surface area contributed by atoms with Crippen LogP contribution in [-0.4, -0.2) is 17.4 Å². The number of hydrogen-bond acceptors (Lipinski definition) is 2. The summed E-state index contributed by atoms with van der Waals surface area (Å²) in [5.74, 6) is 1.85. The summed E-state index contributed by atoms with van der Waals surface area (Å²) >= 11 is 0. The van der Waals surface area contributed by atoms with Crippen molar-refractivity contribution in [3.05, 3.63) is 28.8 Å². The Hall–Kier alpha value is -1.31. The standard InChI is InChI=1S/C27H43NO/c1-21-14-16-25(17-15-21)28-20-24-18-22(2)19-26(27(24)29)23-12-10-8-6-4-3-5-7-9-11-13-23/h18-21,23,25,29H,3-17H2,1-2H3.